The zero-order valence-corrected chi connectivity index (χ0v) is 9.85. The van der Waals surface area contributed by atoms with Gasteiger partial charge in [-0.2, -0.15) is 0 Å². The Bertz CT molecular complexity index is 317. The van der Waals surface area contributed by atoms with Crippen molar-refractivity contribution in [1.29, 1.82) is 0 Å². The number of ether oxygens (including phenoxy) is 3. The van der Waals surface area contributed by atoms with Crippen LogP contribution in [0.25, 0.3) is 0 Å². The van der Waals surface area contributed by atoms with Gasteiger partial charge in [-0.3, -0.25) is 4.79 Å². The molecule has 3 atom stereocenters. The number of nitrogens with one attached hydrogen (secondary N) is 1. The summed E-state index contributed by atoms with van der Waals surface area (Å²) in [6, 6.07) is -0.200. The molecule has 0 spiro atoms. The Morgan fingerprint density at radius 3 is 3.06 bits per heavy atom. The van der Waals surface area contributed by atoms with E-state index in [1.54, 1.807) is 0 Å². The molecule has 1 aliphatic heterocycles. The van der Waals surface area contributed by atoms with Crippen LogP contribution in [0.15, 0.2) is 12.0 Å². The van der Waals surface area contributed by atoms with Gasteiger partial charge in [0.1, 0.15) is 19.5 Å². The van der Waals surface area contributed by atoms with Crippen LogP contribution >= 0.6 is 0 Å². The first-order chi connectivity index (χ1) is 8.22. The van der Waals surface area contributed by atoms with Crippen molar-refractivity contribution in [3.63, 3.8) is 0 Å². The molecule has 2 aliphatic rings. The first-order valence-electron chi connectivity index (χ1n) is 5.85. The maximum absolute atomic E-state index is 11.8. The molecule has 6 heteroatoms. The number of nitrogens with two attached hydrogens (primary N) is 1. The fraction of sp³-hybridized carbons (Fsp3) is 0.727. The van der Waals surface area contributed by atoms with Crippen LogP contribution in [-0.2, 0) is 19.0 Å². The van der Waals surface area contributed by atoms with Gasteiger partial charge in [0.15, 0.2) is 0 Å². The zero-order chi connectivity index (χ0) is 12.3. The maximum atomic E-state index is 11.8. The van der Waals surface area contributed by atoms with Crippen LogP contribution in [0.5, 0.6) is 0 Å². The molecule has 0 bridgehead atoms. The van der Waals surface area contributed by atoms with E-state index >= 15 is 0 Å². The molecule has 96 valence electrons. The summed E-state index contributed by atoms with van der Waals surface area (Å²) >= 11 is 0. The van der Waals surface area contributed by atoms with Gasteiger partial charge in [0.05, 0.1) is 12.1 Å². The summed E-state index contributed by atoms with van der Waals surface area (Å²) in [4.78, 5) is 11.8. The van der Waals surface area contributed by atoms with E-state index in [1.165, 1.54) is 6.26 Å². The van der Waals surface area contributed by atoms with Gasteiger partial charge in [-0.25, -0.2) is 0 Å². The summed E-state index contributed by atoms with van der Waals surface area (Å²) in [6.45, 7) is 3.40. The first-order valence-corrected chi connectivity index (χ1v) is 5.85. The fourth-order valence-corrected chi connectivity index (χ4v) is 1.94. The number of carbonyl (C=O) groups is 1. The van der Waals surface area contributed by atoms with Crippen molar-refractivity contribution in [2.75, 3.05) is 19.8 Å². The Hall–Kier alpha value is -1.27. The Kier molecular flexibility index (Phi) is 3.86. The van der Waals surface area contributed by atoms with Gasteiger partial charge < -0.3 is 25.3 Å². The van der Waals surface area contributed by atoms with E-state index in [0.717, 1.165) is 6.42 Å². The topological polar surface area (TPSA) is 82.8 Å². The number of carbonyl (C=O) groups excluding carboxylic acids is 1. The molecule has 17 heavy (non-hydrogen) atoms. The van der Waals surface area contributed by atoms with Gasteiger partial charge in [-0.05, 0) is 13.3 Å². The molecule has 0 aromatic carbocycles. The Balaban J connectivity index is 1.87. The van der Waals surface area contributed by atoms with Crippen LogP contribution in [0.4, 0.5) is 0 Å². The molecule has 0 aromatic rings. The second kappa shape index (κ2) is 5.37. The van der Waals surface area contributed by atoms with Crippen molar-refractivity contribution in [1.82, 2.24) is 5.32 Å². The minimum absolute atomic E-state index is 0.00376. The minimum Gasteiger partial charge on any atom is -0.494 e. The third-order valence-electron chi connectivity index (χ3n) is 2.92. The highest BCUT2D eigenvalue weighted by molar-refractivity contribution is 5.91. The standard InChI is InChI=1S/C11H18N2O4/c1-2-16-8-5-7(12)10(8)13-11(14)9-6-15-3-4-17-9/h6-8,10H,2-5,12H2,1H3,(H,13,14). The summed E-state index contributed by atoms with van der Waals surface area (Å²) in [5.74, 6) is -0.0971. The summed E-state index contributed by atoms with van der Waals surface area (Å²) in [5, 5.41) is 2.81. The Labute approximate surface area is 100 Å². The molecule has 2 rings (SSSR count). The highest BCUT2D eigenvalue weighted by atomic mass is 16.6. The zero-order valence-electron chi connectivity index (χ0n) is 9.85. The molecule has 3 N–H and O–H groups in total. The van der Waals surface area contributed by atoms with Crippen LogP contribution < -0.4 is 11.1 Å². The molecule has 1 fully saturated rings. The van der Waals surface area contributed by atoms with Gasteiger partial charge in [-0.1, -0.05) is 0 Å². The van der Waals surface area contributed by atoms with Crippen LogP contribution in [0, 0.1) is 0 Å². The molecular formula is C11H18N2O4. The molecule has 1 saturated carbocycles. The molecule has 3 unspecified atom stereocenters. The molecule has 6 nitrogen and oxygen atoms in total. The van der Waals surface area contributed by atoms with Gasteiger partial charge >= 0.3 is 0 Å². The number of rotatable bonds is 4. The van der Waals surface area contributed by atoms with Crippen molar-refractivity contribution in [3.05, 3.63) is 12.0 Å². The molecule has 1 amide bonds. The van der Waals surface area contributed by atoms with E-state index in [-0.39, 0.29) is 29.9 Å². The molecule has 1 heterocycles. The van der Waals surface area contributed by atoms with Gasteiger partial charge in [-0.15, -0.1) is 0 Å². The highest BCUT2D eigenvalue weighted by Gasteiger charge is 2.41. The van der Waals surface area contributed by atoms with E-state index in [2.05, 4.69) is 5.32 Å². The smallest absolute Gasteiger partial charge is 0.290 e. The molecule has 1 aliphatic carbocycles. The average Bonchev–Trinajstić information content (AvgIpc) is 2.36. The summed E-state index contributed by atoms with van der Waals surface area (Å²) < 4.78 is 15.7. The Morgan fingerprint density at radius 2 is 2.47 bits per heavy atom. The van der Waals surface area contributed by atoms with E-state index in [4.69, 9.17) is 19.9 Å². The van der Waals surface area contributed by atoms with E-state index in [9.17, 15) is 4.79 Å². The van der Waals surface area contributed by atoms with Crippen LogP contribution in [0.3, 0.4) is 0 Å². The average molecular weight is 242 g/mol. The largest absolute Gasteiger partial charge is 0.494 e. The summed E-state index contributed by atoms with van der Waals surface area (Å²) in [5.41, 5.74) is 5.83. The lowest BCUT2D eigenvalue weighted by molar-refractivity contribution is -0.126. The van der Waals surface area contributed by atoms with Crippen molar-refractivity contribution in [3.8, 4) is 0 Å². The summed E-state index contributed by atoms with van der Waals surface area (Å²) in [6.07, 6.45) is 2.11. The molecule has 0 aromatic heterocycles. The minimum atomic E-state index is -0.297. The monoisotopic (exact) mass is 242 g/mol. The first kappa shape index (κ1) is 12.2. The van der Waals surface area contributed by atoms with Crippen LogP contribution in [0.1, 0.15) is 13.3 Å². The van der Waals surface area contributed by atoms with E-state index in [1.807, 2.05) is 6.92 Å². The summed E-state index contributed by atoms with van der Waals surface area (Å²) in [7, 11) is 0. The van der Waals surface area contributed by atoms with Crippen molar-refractivity contribution >= 4 is 5.91 Å². The molecule has 0 saturated heterocycles. The second-order valence-electron chi connectivity index (χ2n) is 4.09. The van der Waals surface area contributed by atoms with Crippen molar-refractivity contribution in [2.24, 2.45) is 5.73 Å². The Morgan fingerprint density at radius 1 is 1.65 bits per heavy atom. The lowest BCUT2D eigenvalue weighted by Gasteiger charge is -2.42. The van der Waals surface area contributed by atoms with Gasteiger partial charge in [0.2, 0.25) is 5.76 Å². The maximum Gasteiger partial charge on any atom is 0.290 e. The predicted octanol–water partition coefficient (Wildman–Crippen LogP) is -0.504. The van der Waals surface area contributed by atoms with Gasteiger partial charge in [0.25, 0.3) is 5.91 Å². The number of hydrogen-bond donors (Lipinski definition) is 2. The number of hydrogen-bond acceptors (Lipinski definition) is 5. The van der Waals surface area contributed by atoms with Gasteiger partial charge in [0, 0.05) is 12.6 Å². The highest BCUT2D eigenvalue weighted by Crippen LogP contribution is 2.23. The van der Waals surface area contributed by atoms with Crippen LogP contribution in [0.2, 0.25) is 0 Å². The SMILES string of the molecule is CCOC1CC(N)C1NC(=O)C1=COCCO1. The lowest BCUT2D eigenvalue weighted by atomic mass is 9.83. The number of amides is 1. The molecular weight excluding hydrogens is 224 g/mol. The third-order valence-corrected chi connectivity index (χ3v) is 2.92. The normalized spacial score (nSPS) is 31.6. The molecule has 0 radical (unpaired) electrons. The third kappa shape index (κ3) is 2.70. The van der Waals surface area contributed by atoms with E-state index in [0.29, 0.717) is 19.8 Å². The predicted molar refractivity (Wildman–Crippen MR) is 59.9 cm³/mol. The fourth-order valence-electron chi connectivity index (χ4n) is 1.94. The lowest BCUT2D eigenvalue weighted by Crippen LogP contribution is -2.65. The van der Waals surface area contributed by atoms with Crippen molar-refractivity contribution in [2.45, 2.75) is 31.5 Å². The van der Waals surface area contributed by atoms with Crippen LogP contribution in [-0.4, -0.2) is 43.9 Å². The quantitative estimate of drug-likeness (QED) is 0.694. The van der Waals surface area contributed by atoms with E-state index < -0.39 is 0 Å². The second-order valence-corrected chi connectivity index (χ2v) is 4.09. The van der Waals surface area contributed by atoms with Crippen molar-refractivity contribution < 1.29 is 19.0 Å².